The molecule has 4 rings (SSSR count). The van der Waals surface area contributed by atoms with Gasteiger partial charge < -0.3 is 19.9 Å². The zero-order valence-corrected chi connectivity index (χ0v) is 17.2. The minimum atomic E-state index is -0.520. The second-order valence-electron chi connectivity index (χ2n) is 7.58. The fourth-order valence-electron chi connectivity index (χ4n) is 4.12. The maximum Gasteiger partial charge on any atom is 0.256 e. The zero-order valence-electron chi connectivity index (χ0n) is 17.2. The van der Waals surface area contributed by atoms with Gasteiger partial charge in [-0.15, -0.1) is 0 Å². The van der Waals surface area contributed by atoms with Crippen LogP contribution >= 0.6 is 0 Å². The van der Waals surface area contributed by atoms with Crippen LogP contribution in [0.2, 0.25) is 0 Å². The van der Waals surface area contributed by atoms with Gasteiger partial charge in [-0.1, -0.05) is 23.8 Å². The molecule has 2 aromatic rings. The molecule has 30 heavy (non-hydrogen) atoms. The van der Waals surface area contributed by atoms with Crippen molar-refractivity contribution in [3.63, 3.8) is 0 Å². The number of anilines is 2. The Hall–Kier alpha value is -3.35. The average Bonchev–Trinajstić information content (AvgIpc) is 3.20. The van der Waals surface area contributed by atoms with Crippen molar-refractivity contribution >= 4 is 29.1 Å². The first-order valence-electron chi connectivity index (χ1n) is 10.2. The van der Waals surface area contributed by atoms with Crippen LogP contribution in [0.15, 0.2) is 42.5 Å². The average molecular weight is 407 g/mol. The lowest BCUT2D eigenvalue weighted by Gasteiger charge is -2.25. The lowest BCUT2D eigenvalue weighted by molar-refractivity contribution is -0.124. The van der Waals surface area contributed by atoms with Crippen LogP contribution in [0.5, 0.6) is 5.75 Å². The van der Waals surface area contributed by atoms with Gasteiger partial charge in [-0.05, 0) is 51.0 Å². The van der Waals surface area contributed by atoms with Crippen LogP contribution in [0.25, 0.3) is 0 Å². The molecule has 0 aliphatic carbocycles. The number of carbonyl (C=O) groups excluding carboxylic acids is 3. The van der Waals surface area contributed by atoms with E-state index in [1.54, 1.807) is 29.2 Å². The zero-order chi connectivity index (χ0) is 21.3. The monoisotopic (exact) mass is 407 g/mol. The smallest absolute Gasteiger partial charge is 0.256 e. The van der Waals surface area contributed by atoms with Crippen molar-refractivity contribution in [1.29, 1.82) is 0 Å². The molecule has 1 saturated heterocycles. The third kappa shape index (κ3) is 3.63. The van der Waals surface area contributed by atoms with Crippen molar-refractivity contribution < 1.29 is 19.1 Å². The molecule has 0 saturated carbocycles. The Bertz CT molecular complexity index is 1000. The number of benzene rings is 2. The molecule has 2 aliphatic rings. The van der Waals surface area contributed by atoms with E-state index in [2.05, 4.69) is 5.32 Å². The maximum atomic E-state index is 13.3. The highest BCUT2D eigenvalue weighted by Crippen LogP contribution is 2.33. The molecule has 7 nitrogen and oxygen atoms in total. The van der Waals surface area contributed by atoms with Gasteiger partial charge in [-0.2, -0.15) is 0 Å². The van der Waals surface area contributed by atoms with Crippen LogP contribution in [0.4, 0.5) is 11.4 Å². The van der Waals surface area contributed by atoms with Crippen LogP contribution in [0, 0.1) is 6.92 Å². The van der Waals surface area contributed by atoms with Gasteiger partial charge in [-0.3, -0.25) is 14.4 Å². The molecule has 2 heterocycles. The number of fused-ring (bicyclic) bond motifs is 2. The van der Waals surface area contributed by atoms with Crippen molar-refractivity contribution in [1.82, 2.24) is 4.90 Å². The number of nitrogens with one attached hydrogen (secondary N) is 1. The third-order valence-corrected chi connectivity index (χ3v) is 5.50. The fourth-order valence-corrected chi connectivity index (χ4v) is 4.12. The van der Waals surface area contributed by atoms with Crippen LogP contribution in [-0.2, 0) is 9.59 Å². The largest absolute Gasteiger partial charge is 0.492 e. The highest BCUT2D eigenvalue weighted by atomic mass is 16.5. The van der Waals surface area contributed by atoms with Crippen molar-refractivity contribution in [2.75, 3.05) is 29.9 Å². The SMILES string of the molecule is CCOc1ccccc1NC(=O)CN1C(=O)[C@@H]2CCCN2C(=O)c2cc(C)ccc21. The van der Waals surface area contributed by atoms with Crippen molar-refractivity contribution in [3.8, 4) is 5.75 Å². The molecule has 0 unspecified atom stereocenters. The number of amides is 3. The topological polar surface area (TPSA) is 79.0 Å². The van der Waals surface area contributed by atoms with Crippen molar-refractivity contribution in [3.05, 3.63) is 53.6 Å². The summed E-state index contributed by atoms with van der Waals surface area (Å²) in [4.78, 5) is 42.4. The molecule has 0 bridgehead atoms. The summed E-state index contributed by atoms with van der Waals surface area (Å²) >= 11 is 0. The van der Waals surface area contributed by atoms with E-state index in [9.17, 15) is 14.4 Å². The van der Waals surface area contributed by atoms with Gasteiger partial charge in [0.15, 0.2) is 0 Å². The number of rotatable bonds is 5. The Morgan fingerprint density at radius 1 is 1.20 bits per heavy atom. The molecule has 1 atom stereocenters. The van der Waals surface area contributed by atoms with E-state index in [4.69, 9.17) is 4.74 Å². The molecule has 0 spiro atoms. The number of para-hydroxylation sites is 2. The molecule has 0 aromatic heterocycles. The molecule has 1 fully saturated rings. The van der Waals surface area contributed by atoms with Crippen LogP contribution in [0.3, 0.4) is 0 Å². The normalized spacial score (nSPS) is 18.0. The lowest BCUT2D eigenvalue weighted by atomic mass is 10.1. The molecular formula is C23H25N3O4. The number of ether oxygens (including phenoxy) is 1. The first-order valence-corrected chi connectivity index (χ1v) is 10.2. The second-order valence-corrected chi connectivity index (χ2v) is 7.58. The van der Waals surface area contributed by atoms with Crippen molar-refractivity contribution in [2.24, 2.45) is 0 Å². The van der Waals surface area contributed by atoms with Crippen LogP contribution < -0.4 is 15.0 Å². The second kappa shape index (κ2) is 8.18. The van der Waals surface area contributed by atoms with E-state index in [-0.39, 0.29) is 24.3 Å². The fraction of sp³-hybridized carbons (Fsp3) is 0.348. The van der Waals surface area contributed by atoms with E-state index in [1.165, 1.54) is 4.90 Å². The van der Waals surface area contributed by atoms with Gasteiger partial charge in [0.1, 0.15) is 18.3 Å². The highest BCUT2D eigenvalue weighted by Gasteiger charge is 2.42. The Labute approximate surface area is 175 Å². The standard InChI is InChI=1S/C23H25N3O4/c1-3-30-20-9-5-4-7-17(20)24-21(27)14-26-18-11-10-15(2)13-16(18)22(28)25-12-6-8-19(25)23(26)29/h4-5,7,9-11,13,19H,3,6,8,12,14H2,1-2H3,(H,24,27)/t19-/m0/s1. The Balaban J connectivity index is 1.64. The third-order valence-electron chi connectivity index (χ3n) is 5.50. The Kier molecular flexibility index (Phi) is 5.44. The van der Waals surface area contributed by atoms with E-state index in [0.717, 1.165) is 12.0 Å². The minimum Gasteiger partial charge on any atom is -0.492 e. The Morgan fingerprint density at radius 2 is 2.00 bits per heavy atom. The van der Waals surface area contributed by atoms with Gasteiger partial charge >= 0.3 is 0 Å². The molecule has 7 heteroatoms. The summed E-state index contributed by atoms with van der Waals surface area (Å²) in [6.07, 6.45) is 1.40. The van der Waals surface area contributed by atoms with Crippen LogP contribution in [-0.4, -0.2) is 48.4 Å². The minimum absolute atomic E-state index is 0.144. The summed E-state index contributed by atoms with van der Waals surface area (Å²) in [6, 6.07) is 12.1. The molecule has 1 N–H and O–H groups in total. The number of nitrogens with zero attached hydrogens (tertiary/aromatic N) is 2. The van der Waals surface area contributed by atoms with E-state index < -0.39 is 6.04 Å². The van der Waals surface area contributed by atoms with E-state index in [1.807, 2.05) is 32.0 Å². The van der Waals surface area contributed by atoms with Gasteiger partial charge in [-0.25, -0.2) is 0 Å². The highest BCUT2D eigenvalue weighted by molar-refractivity contribution is 6.13. The van der Waals surface area contributed by atoms with Crippen molar-refractivity contribution in [2.45, 2.75) is 32.7 Å². The number of hydrogen-bond acceptors (Lipinski definition) is 4. The molecule has 2 aromatic carbocycles. The predicted molar refractivity (Wildman–Crippen MR) is 114 cm³/mol. The molecule has 0 radical (unpaired) electrons. The van der Waals surface area contributed by atoms with Gasteiger partial charge in [0.2, 0.25) is 11.8 Å². The summed E-state index contributed by atoms with van der Waals surface area (Å²) < 4.78 is 5.56. The first-order chi connectivity index (χ1) is 14.5. The lowest BCUT2D eigenvalue weighted by Crippen LogP contribution is -2.47. The first kappa shape index (κ1) is 19.9. The quantitative estimate of drug-likeness (QED) is 0.827. The van der Waals surface area contributed by atoms with Gasteiger partial charge in [0.05, 0.1) is 23.5 Å². The summed E-state index contributed by atoms with van der Waals surface area (Å²) in [6.45, 7) is 4.64. The molecule has 3 amide bonds. The summed E-state index contributed by atoms with van der Waals surface area (Å²) in [5.74, 6) is -0.129. The van der Waals surface area contributed by atoms with E-state index >= 15 is 0 Å². The molecule has 2 aliphatic heterocycles. The van der Waals surface area contributed by atoms with Crippen LogP contribution in [0.1, 0.15) is 35.7 Å². The van der Waals surface area contributed by atoms with Gasteiger partial charge in [0, 0.05) is 6.54 Å². The van der Waals surface area contributed by atoms with E-state index in [0.29, 0.717) is 42.3 Å². The summed E-state index contributed by atoms with van der Waals surface area (Å²) in [7, 11) is 0. The number of hydrogen-bond donors (Lipinski definition) is 1. The Morgan fingerprint density at radius 3 is 2.80 bits per heavy atom. The summed E-state index contributed by atoms with van der Waals surface area (Å²) in [5.41, 5.74) is 2.44. The molecule has 156 valence electrons. The predicted octanol–water partition coefficient (Wildman–Crippen LogP) is 2.98. The molecular weight excluding hydrogens is 382 g/mol. The maximum absolute atomic E-state index is 13.3. The summed E-state index contributed by atoms with van der Waals surface area (Å²) in [5, 5.41) is 2.84. The van der Waals surface area contributed by atoms with Gasteiger partial charge in [0.25, 0.3) is 5.91 Å². The number of carbonyl (C=O) groups is 3. The number of aryl methyl sites for hydroxylation is 1.